The highest BCUT2D eigenvalue weighted by molar-refractivity contribution is 6.64. The number of amides is 1. The molecule has 0 spiro atoms. The van der Waals surface area contributed by atoms with Crippen LogP contribution >= 0.6 is 11.6 Å². The molecule has 6 aromatic rings. The lowest BCUT2D eigenvalue weighted by atomic mass is 9.77. The quantitative estimate of drug-likeness (QED) is 0.0943. The topological polar surface area (TPSA) is 101 Å². The smallest absolute Gasteiger partial charge is 0.246 e. The molecule has 8 nitrogen and oxygen atoms in total. The monoisotopic (exact) mass is 683 g/mol. The number of benzene rings is 5. The van der Waals surface area contributed by atoms with Crippen LogP contribution in [0.5, 0.6) is 0 Å². The highest BCUT2D eigenvalue weighted by Crippen LogP contribution is 2.43. The average molecular weight is 684 g/mol. The summed E-state index contributed by atoms with van der Waals surface area (Å²) in [6.07, 6.45) is 1.78. The molecule has 1 amide bonds. The average Bonchev–Trinajstić information content (AvgIpc) is 3.66. The Morgan fingerprint density at radius 2 is 1.28 bits per heavy atom. The van der Waals surface area contributed by atoms with Gasteiger partial charge in [0.05, 0.1) is 6.61 Å². The second-order valence-corrected chi connectivity index (χ2v) is 12.5. The van der Waals surface area contributed by atoms with Crippen LogP contribution in [0.4, 0.5) is 0 Å². The number of rotatable bonds is 14. The molecule has 0 bridgehead atoms. The minimum Gasteiger partial charge on any atom is -0.394 e. The third-order valence-electron chi connectivity index (χ3n) is 9.02. The molecule has 9 heteroatoms. The molecule has 1 heterocycles. The van der Waals surface area contributed by atoms with Crippen LogP contribution in [0.2, 0.25) is 0 Å². The maximum absolute atomic E-state index is 13.1. The van der Waals surface area contributed by atoms with Gasteiger partial charge < -0.3 is 10.0 Å². The zero-order valence-electron chi connectivity index (χ0n) is 27.8. The molecule has 0 fully saturated rings. The first-order valence-corrected chi connectivity index (χ1v) is 17.1. The fourth-order valence-corrected chi connectivity index (χ4v) is 6.73. The van der Waals surface area contributed by atoms with Crippen molar-refractivity contribution in [1.29, 1.82) is 0 Å². The highest BCUT2D eigenvalue weighted by Gasteiger charge is 2.42. The van der Waals surface area contributed by atoms with E-state index < -0.39 is 23.4 Å². The second-order valence-electron chi connectivity index (χ2n) is 12.1. The van der Waals surface area contributed by atoms with Crippen molar-refractivity contribution in [1.82, 2.24) is 25.1 Å². The number of aliphatic hydroxyl groups is 1. The Bertz CT molecular complexity index is 1920. The molecule has 50 heavy (non-hydrogen) atoms. The molecule has 0 aliphatic rings. The van der Waals surface area contributed by atoms with Gasteiger partial charge >= 0.3 is 0 Å². The molecule has 0 aliphatic carbocycles. The maximum atomic E-state index is 13.1. The highest BCUT2D eigenvalue weighted by atomic mass is 35.5. The molecular weight excluding hydrogens is 646 g/mol. The Morgan fingerprint density at radius 3 is 1.78 bits per heavy atom. The van der Waals surface area contributed by atoms with Gasteiger partial charge in [-0.1, -0.05) is 153 Å². The molecule has 5 aromatic carbocycles. The zero-order chi connectivity index (χ0) is 34.9. The van der Waals surface area contributed by atoms with Crippen molar-refractivity contribution in [2.75, 3.05) is 6.61 Å². The summed E-state index contributed by atoms with van der Waals surface area (Å²) in [5.41, 5.74) is 5.57. The second kappa shape index (κ2) is 15.8. The van der Waals surface area contributed by atoms with Crippen molar-refractivity contribution in [3.63, 3.8) is 0 Å². The summed E-state index contributed by atoms with van der Waals surface area (Å²) >= 11 is 5.81. The first kappa shape index (κ1) is 34.4. The van der Waals surface area contributed by atoms with E-state index in [-0.39, 0.29) is 18.9 Å². The Hall–Kier alpha value is -5.44. The van der Waals surface area contributed by atoms with Crippen LogP contribution in [0.1, 0.15) is 48.4 Å². The predicted molar refractivity (Wildman–Crippen MR) is 195 cm³/mol. The van der Waals surface area contributed by atoms with Gasteiger partial charge in [-0.05, 0) is 61.8 Å². The molecular formula is C41H38ClN5O3. The standard InChI is InChI=1S/C41H38ClN5O3/c1-2-3-23-38(49)46(37(29-48)39(42)50)28-30-24-26-31(27-25-30)35-21-13-14-22-36(35)40-43-44-45-47(40)41(32-15-7-4-8-16-32,33-17-9-5-10-18-33)34-19-11-6-12-20-34/h4-22,24-27,37,48H,2-3,23,28-29H2,1H3/t37-/m0/s1. The third-order valence-corrected chi connectivity index (χ3v) is 9.28. The molecule has 0 unspecified atom stereocenters. The molecule has 6 rings (SSSR count). The van der Waals surface area contributed by atoms with Crippen LogP contribution in [0, 0.1) is 0 Å². The van der Waals surface area contributed by atoms with Crippen molar-refractivity contribution in [2.24, 2.45) is 0 Å². The number of hydrogen-bond acceptors (Lipinski definition) is 6. The summed E-state index contributed by atoms with van der Waals surface area (Å²) in [6, 6.07) is 45.5. The number of carbonyl (C=O) groups excluding carboxylic acids is 2. The van der Waals surface area contributed by atoms with E-state index in [0.29, 0.717) is 12.2 Å². The molecule has 1 atom stereocenters. The molecule has 0 aliphatic heterocycles. The van der Waals surface area contributed by atoms with Crippen LogP contribution in [-0.4, -0.2) is 54.0 Å². The molecule has 0 radical (unpaired) electrons. The van der Waals surface area contributed by atoms with Gasteiger partial charge in [0, 0.05) is 18.5 Å². The van der Waals surface area contributed by atoms with E-state index in [4.69, 9.17) is 16.8 Å². The SMILES string of the molecule is CCCCC(=O)N(Cc1ccc(-c2ccccc2-c2nnnn2C(c2ccccc2)(c2ccccc2)c2ccccc2)cc1)[C@@H](CO)C(=O)Cl. The van der Waals surface area contributed by atoms with E-state index >= 15 is 0 Å². The van der Waals surface area contributed by atoms with Crippen LogP contribution in [0.25, 0.3) is 22.5 Å². The molecule has 0 saturated carbocycles. The summed E-state index contributed by atoms with van der Waals surface area (Å²) in [5.74, 6) is 0.361. The number of unbranched alkanes of at least 4 members (excludes halogenated alkanes) is 1. The molecule has 0 saturated heterocycles. The van der Waals surface area contributed by atoms with Gasteiger partial charge in [0.1, 0.15) is 11.6 Å². The Morgan fingerprint density at radius 1 is 0.760 bits per heavy atom. The molecule has 1 aromatic heterocycles. The summed E-state index contributed by atoms with van der Waals surface area (Å²) in [7, 11) is 0. The van der Waals surface area contributed by atoms with Crippen molar-refractivity contribution in [3.8, 4) is 22.5 Å². The van der Waals surface area contributed by atoms with Crippen molar-refractivity contribution < 1.29 is 14.7 Å². The summed E-state index contributed by atoms with van der Waals surface area (Å²) < 4.78 is 1.91. The van der Waals surface area contributed by atoms with E-state index in [1.54, 1.807) is 0 Å². The van der Waals surface area contributed by atoms with Crippen LogP contribution < -0.4 is 0 Å². The maximum Gasteiger partial charge on any atom is 0.246 e. The number of halogens is 1. The van der Waals surface area contributed by atoms with Crippen LogP contribution in [0.15, 0.2) is 140 Å². The van der Waals surface area contributed by atoms with Crippen LogP contribution in [0.3, 0.4) is 0 Å². The largest absolute Gasteiger partial charge is 0.394 e. The van der Waals surface area contributed by atoms with Gasteiger partial charge in [-0.25, -0.2) is 4.68 Å². The van der Waals surface area contributed by atoms with Crippen molar-refractivity contribution >= 4 is 22.8 Å². The summed E-state index contributed by atoms with van der Waals surface area (Å²) in [5, 5.41) is 22.8. The first-order chi connectivity index (χ1) is 24.5. The minimum atomic E-state index is -1.11. The van der Waals surface area contributed by atoms with Gasteiger partial charge in [-0.2, -0.15) is 0 Å². The van der Waals surface area contributed by atoms with E-state index in [2.05, 4.69) is 46.7 Å². The number of aromatic nitrogens is 4. The Kier molecular flexibility index (Phi) is 10.9. The van der Waals surface area contributed by atoms with E-state index in [9.17, 15) is 14.7 Å². The number of hydrogen-bond donors (Lipinski definition) is 1. The zero-order valence-corrected chi connectivity index (χ0v) is 28.5. The van der Waals surface area contributed by atoms with Gasteiger partial charge in [-0.3, -0.25) is 9.59 Å². The number of carbonyl (C=O) groups is 2. The van der Waals surface area contributed by atoms with Gasteiger partial charge in [0.25, 0.3) is 0 Å². The van der Waals surface area contributed by atoms with E-state index in [1.807, 2.05) is 115 Å². The number of tetrazole rings is 1. The van der Waals surface area contributed by atoms with E-state index in [0.717, 1.165) is 45.4 Å². The molecule has 1 N–H and O–H groups in total. The molecule has 252 valence electrons. The Labute approximate surface area is 297 Å². The van der Waals surface area contributed by atoms with Gasteiger partial charge in [0.2, 0.25) is 11.1 Å². The normalized spacial score (nSPS) is 12.0. The van der Waals surface area contributed by atoms with Crippen molar-refractivity contribution in [2.45, 2.75) is 44.3 Å². The lowest BCUT2D eigenvalue weighted by molar-refractivity contribution is -0.139. The Balaban J connectivity index is 1.45. The first-order valence-electron chi connectivity index (χ1n) is 16.7. The van der Waals surface area contributed by atoms with Crippen molar-refractivity contribution in [3.05, 3.63) is 162 Å². The lowest BCUT2D eigenvalue weighted by Crippen LogP contribution is -2.45. The summed E-state index contributed by atoms with van der Waals surface area (Å²) in [4.78, 5) is 26.6. The predicted octanol–water partition coefficient (Wildman–Crippen LogP) is 7.49. The number of aliphatic hydroxyl groups excluding tert-OH is 1. The van der Waals surface area contributed by atoms with Crippen LogP contribution in [-0.2, 0) is 21.7 Å². The van der Waals surface area contributed by atoms with E-state index in [1.165, 1.54) is 4.90 Å². The summed E-state index contributed by atoms with van der Waals surface area (Å²) in [6.45, 7) is 1.59. The number of nitrogens with zero attached hydrogens (tertiary/aromatic N) is 5. The fourth-order valence-electron chi connectivity index (χ4n) is 6.54. The minimum absolute atomic E-state index is 0.139. The lowest BCUT2D eigenvalue weighted by Gasteiger charge is -2.36. The van der Waals surface area contributed by atoms with Gasteiger partial charge in [-0.15, -0.1) is 5.10 Å². The third kappa shape index (κ3) is 6.85. The fraction of sp³-hybridized carbons (Fsp3) is 0.195. The van der Waals surface area contributed by atoms with Gasteiger partial charge in [0.15, 0.2) is 5.82 Å².